The fourth-order valence-electron chi connectivity index (χ4n) is 2.90. The molecule has 3 heteroatoms. The average molecular weight is 245 g/mol. The van der Waals surface area contributed by atoms with Crippen molar-refractivity contribution in [2.24, 2.45) is 5.41 Å². The zero-order valence-electron chi connectivity index (χ0n) is 10.8. The molecule has 1 unspecified atom stereocenters. The van der Waals surface area contributed by atoms with Crippen LogP contribution < -0.4 is 10.1 Å². The third-order valence-corrected chi connectivity index (χ3v) is 4.09. The van der Waals surface area contributed by atoms with E-state index in [-0.39, 0.29) is 11.2 Å². The van der Waals surface area contributed by atoms with Gasteiger partial charge in [0.25, 0.3) is 0 Å². The molecule has 0 spiro atoms. The monoisotopic (exact) mass is 245 g/mol. The number of rotatable bonds is 2. The van der Waals surface area contributed by atoms with Crippen LogP contribution in [-0.2, 0) is 6.42 Å². The molecule has 1 atom stereocenters. The first-order valence-electron chi connectivity index (χ1n) is 6.71. The van der Waals surface area contributed by atoms with Gasteiger partial charge in [0.2, 0.25) is 0 Å². The van der Waals surface area contributed by atoms with E-state index < -0.39 is 0 Å². The SMILES string of the molecule is CC1(C(=O)c2cccc3c2OCCC3)CCNC1. The predicted molar refractivity (Wildman–Crippen MR) is 70.2 cm³/mol. The molecule has 1 fully saturated rings. The Bertz CT molecular complexity index is 475. The van der Waals surface area contributed by atoms with Crippen LogP contribution in [0.2, 0.25) is 0 Å². The molecule has 0 aliphatic carbocycles. The summed E-state index contributed by atoms with van der Waals surface area (Å²) in [6, 6.07) is 5.96. The normalized spacial score (nSPS) is 26.5. The highest BCUT2D eigenvalue weighted by Gasteiger charge is 2.38. The highest BCUT2D eigenvalue weighted by Crippen LogP contribution is 2.36. The fourth-order valence-corrected chi connectivity index (χ4v) is 2.90. The number of hydrogen-bond donors (Lipinski definition) is 1. The van der Waals surface area contributed by atoms with Gasteiger partial charge in [-0.05, 0) is 37.4 Å². The first kappa shape index (κ1) is 11.7. The van der Waals surface area contributed by atoms with Gasteiger partial charge in [-0.1, -0.05) is 19.1 Å². The van der Waals surface area contributed by atoms with Crippen LogP contribution in [0, 0.1) is 5.41 Å². The minimum Gasteiger partial charge on any atom is -0.493 e. The molecule has 0 saturated carbocycles. The van der Waals surface area contributed by atoms with E-state index >= 15 is 0 Å². The molecule has 1 aromatic carbocycles. The number of para-hydroxylation sites is 1. The molecule has 2 aliphatic heterocycles. The number of fused-ring (bicyclic) bond motifs is 1. The third-order valence-electron chi connectivity index (χ3n) is 4.09. The van der Waals surface area contributed by atoms with Gasteiger partial charge in [0.15, 0.2) is 5.78 Å². The Hall–Kier alpha value is -1.35. The minimum atomic E-state index is -0.268. The standard InChI is InChI=1S/C15H19NO2/c1-15(7-8-16-10-15)14(17)12-6-2-4-11-5-3-9-18-13(11)12/h2,4,6,16H,3,5,7-10H2,1H3. The maximum absolute atomic E-state index is 12.7. The summed E-state index contributed by atoms with van der Waals surface area (Å²) in [5, 5.41) is 3.28. The van der Waals surface area contributed by atoms with Crippen molar-refractivity contribution < 1.29 is 9.53 Å². The zero-order chi connectivity index (χ0) is 12.6. The zero-order valence-corrected chi connectivity index (χ0v) is 10.8. The van der Waals surface area contributed by atoms with Crippen LogP contribution in [0.3, 0.4) is 0 Å². The highest BCUT2D eigenvalue weighted by molar-refractivity contribution is 6.03. The molecule has 2 heterocycles. The first-order chi connectivity index (χ1) is 8.71. The lowest BCUT2D eigenvalue weighted by atomic mass is 9.80. The van der Waals surface area contributed by atoms with Crippen molar-refractivity contribution in [2.75, 3.05) is 19.7 Å². The van der Waals surface area contributed by atoms with Crippen molar-refractivity contribution in [3.8, 4) is 5.75 Å². The van der Waals surface area contributed by atoms with Crippen molar-refractivity contribution in [3.05, 3.63) is 29.3 Å². The maximum atomic E-state index is 12.7. The molecular formula is C15H19NO2. The summed E-state index contributed by atoms with van der Waals surface area (Å²) in [5.74, 6) is 1.06. The summed E-state index contributed by atoms with van der Waals surface area (Å²) in [7, 11) is 0. The van der Waals surface area contributed by atoms with Crippen LogP contribution in [0.4, 0.5) is 0 Å². The van der Waals surface area contributed by atoms with E-state index in [4.69, 9.17) is 4.74 Å². The van der Waals surface area contributed by atoms with Gasteiger partial charge in [-0.25, -0.2) is 0 Å². The van der Waals surface area contributed by atoms with Gasteiger partial charge in [0.05, 0.1) is 12.2 Å². The number of carbonyl (C=O) groups is 1. The van der Waals surface area contributed by atoms with E-state index in [0.29, 0.717) is 0 Å². The summed E-state index contributed by atoms with van der Waals surface area (Å²) in [6.07, 6.45) is 2.98. The molecule has 3 rings (SSSR count). The molecule has 0 aromatic heterocycles. The van der Waals surface area contributed by atoms with Gasteiger partial charge in [0.1, 0.15) is 5.75 Å². The number of aryl methyl sites for hydroxylation is 1. The van der Waals surface area contributed by atoms with Gasteiger partial charge in [-0.3, -0.25) is 4.79 Å². The smallest absolute Gasteiger partial charge is 0.173 e. The lowest BCUT2D eigenvalue weighted by Crippen LogP contribution is -2.31. The van der Waals surface area contributed by atoms with E-state index in [9.17, 15) is 4.79 Å². The van der Waals surface area contributed by atoms with Gasteiger partial charge in [-0.2, -0.15) is 0 Å². The molecule has 0 amide bonds. The van der Waals surface area contributed by atoms with Crippen LogP contribution in [0.1, 0.15) is 35.7 Å². The molecular weight excluding hydrogens is 226 g/mol. The molecule has 1 saturated heterocycles. The number of benzene rings is 1. The Labute approximate surface area is 108 Å². The van der Waals surface area contributed by atoms with Gasteiger partial charge in [0, 0.05) is 12.0 Å². The maximum Gasteiger partial charge on any atom is 0.173 e. The van der Waals surface area contributed by atoms with E-state index in [0.717, 1.165) is 50.3 Å². The second-order valence-corrected chi connectivity index (χ2v) is 5.56. The number of hydrogen-bond acceptors (Lipinski definition) is 3. The Kier molecular flexibility index (Phi) is 2.86. The van der Waals surface area contributed by atoms with Crippen LogP contribution in [0.5, 0.6) is 5.75 Å². The number of ketones is 1. The molecule has 0 bridgehead atoms. The molecule has 18 heavy (non-hydrogen) atoms. The highest BCUT2D eigenvalue weighted by atomic mass is 16.5. The third kappa shape index (κ3) is 1.83. The number of ether oxygens (including phenoxy) is 1. The Morgan fingerprint density at radius 1 is 1.44 bits per heavy atom. The van der Waals surface area contributed by atoms with Crippen molar-refractivity contribution in [3.63, 3.8) is 0 Å². The molecule has 1 aromatic rings. The largest absolute Gasteiger partial charge is 0.493 e. The molecule has 2 aliphatic rings. The van der Waals surface area contributed by atoms with Crippen LogP contribution in [0.25, 0.3) is 0 Å². The Balaban J connectivity index is 1.99. The number of Topliss-reactive ketones (excluding diaryl/α,β-unsaturated/α-hetero) is 1. The molecule has 96 valence electrons. The van der Waals surface area contributed by atoms with Crippen LogP contribution in [0.15, 0.2) is 18.2 Å². The molecule has 3 nitrogen and oxygen atoms in total. The van der Waals surface area contributed by atoms with Crippen molar-refractivity contribution in [2.45, 2.75) is 26.2 Å². The van der Waals surface area contributed by atoms with Crippen molar-refractivity contribution >= 4 is 5.78 Å². The summed E-state index contributed by atoms with van der Waals surface area (Å²) >= 11 is 0. The summed E-state index contributed by atoms with van der Waals surface area (Å²) in [5.41, 5.74) is 1.69. The molecule has 1 N–H and O–H groups in total. The van der Waals surface area contributed by atoms with Crippen LogP contribution >= 0.6 is 0 Å². The summed E-state index contributed by atoms with van der Waals surface area (Å²) < 4.78 is 5.74. The van der Waals surface area contributed by atoms with Crippen molar-refractivity contribution in [1.29, 1.82) is 0 Å². The lowest BCUT2D eigenvalue weighted by molar-refractivity contribution is 0.0834. The van der Waals surface area contributed by atoms with Gasteiger partial charge >= 0.3 is 0 Å². The van der Waals surface area contributed by atoms with Crippen LogP contribution in [-0.4, -0.2) is 25.5 Å². The number of carbonyl (C=O) groups excluding carboxylic acids is 1. The number of nitrogens with one attached hydrogen (secondary N) is 1. The van der Waals surface area contributed by atoms with Crippen molar-refractivity contribution in [1.82, 2.24) is 5.32 Å². The molecule has 0 radical (unpaired) electrons. The Morgan fingerprint density at radius 2 is 2.33 bits per heavy atom. The Morgan fingerprint density at radius 3 is 3.11 bits per heavy atom. The van der Waals surface area contributed by atoms with E-state index in [1.54, 1.807) is 0 Å². The fraction of sp³-hybridized carbons (Fsp3) is 0.533. The van der Waals surface area contributed by atoms with E-state index in [1.165, 1.54) is 5.56 Å². The minimum absolute atomic E-state index is 0.228. The second-order valence-electron chi connectivity index (χ2n) is 5.56. The summed E-state index contributed by atoms with van der Waals surface area (Å²) in [6.45, 7) is 4.48. The summed E-state index contributed by atoms with van der Waals surface area (Å²) in [4.78, 5) is 12.7. The lowest BCUT2D eigenvalue weighted by Gasteiger charge is -2.25. The average Bonchev–Trinajstić information content (AvgIpc) is 2.85. The predicted octanol–water partition coefficient (Wildman–Crippen LogP) is 2.19. The second kappa shape index (κ2) is 4.39. The van der Waals surface area contributed by atoms with Gasteiger partial charge < -0.3 is 10.1 Å². The topological polar surface area (TPSA) is 38.3 Å². The van der Waals surface area contributed by atoms with E-state index in [2.05, 4.69) is 18.3 Å². The van der Waals surface area contributed by atoms with E-state index in [1.807, 2.05) is 12.1 Å². The quantitative estimate of drug-likeness (QED) is 0.812. The van der Waals surface area contributed by atoms with Gasteiger partial charge in [-0.15, -0.1) is 0 Å². The first-order valence-corrected chi connectivity index (χ1v) is 6.71.